The molecule has 0 bridgehead atoms. The number of rotatable bonds is 3. The van der Waals surface area contributed by atoms with Crippen molar-refractivity contribution in [2.75, 3.05) is 6.61 Å². The molecule has 3 aromatic heterocycles. The van der Waals surface area contributed by atoms with Crippen molar-refractivity contribution in [3.8, 4) is 5.69 Å². The summed E-state index contributed by atoms with van der Waals surface area (Å²) >= 11 is 1.57. The Morgan fingerprint density at radius 1 is 1.12 bits per heavy atom. The molecule has 2 aliphatic rings. The van der Waals surface area contributed by atoms with Gasteiger partial charge in [0.1, 0.15) is 18.0 Å². The zero-order chi connectivity index (χ0) is 23.4. The van der Waals surface area contributed by atoms with Gasteiger partial charge in [-0.15, -0.1) is 11.3 Å². The third kappa shape index (κ3) is 3.71. The summed E-state index contributed by atoms with van der Waals surface area (Å²) in [5.41, 5.74) is 2.40. The van der Waals surface area contributed by atoms with Gasteiger partial charge in [0.05, 0.1) is 40.4 Å². The Bertz CT molecular complexity index is 1320. The molecule has 34 heavy (non-hydrogen) atoms. The fraction of sp³-hybridized carbons (Fsp3) is 0.417. The normalized spacial score (nSPS) is 29.3. The smallest absolute Gasteiger partial charge is 0.184 e. The maximum Gasteiger partial charge on any atom is 0.184 e. The molecule has 0 amide bonds. The van der Waals surface area contributed by atoms with Crippen molar-refractivity contribution in [2.45, 2.75) is 51.5 Å². The van der Waals surface area contributed by atoms with Crippen LogP contribution in [0.25, 0.3) is 16.0 Å². The number of aliphatic hydroxyl groups excluding tert-OH is 1. The Hall–Kier alpha value is -2.76. The standard InChI is InChI=1S/C24H25N5O4S/c1-12-19(30)21(32-17-11-31-24(33-20(12)17)15-7-5-4-6-8-15)23-26-13(2)28-29(23)16-9-18-22(25-10-16)27-14(3)34-18/h4-10,12,17,19-21,24,30H,11H2,1-3H3/t12?,17?,19?,20-,21-,24?/m1/s1. The minimum atomic E-state index is -0.833. The van der Waals surface area contributed by atoms with E-state index < -0.39 is 18.5 Å². The number of fused-ring (bicyclic) bond motifs is 2. The zero-order valence-corrected chi connectivity index (χ0v) is 19.8. The number of nitrogens with zero attached hydrogens (tertiary/aromatic N) is 5. The first-order valence-corrected chi connectivity index (χ1v) is 12.1. The molecule has 6 rings (SSSR count). The first-order valence-electron chi connectivity index (χ1n) is 11.3. The van der Waals surface area contributed by atoms with Crippen LogP contribution in [0.1, 0.15) is 41.5 Å². The molecule has 10 heteroatoms. The highest BCUT2D eigenvalue weighted by Crippen LogP contribution is 2.41. The molecule has 0 spiro atoms. The quantitative estimate of drug-likeness (QED) is 0.477. The summed E-state index contributed by atoms with van der Waals surface area (Å²) in [6, 6.07) is 11.8. The molecule has 4 unspecified atom stereocenters. The first-order chi connectivity index (χ1) is 16.5. The molecule has 6 atom stereocenters. The Labute approximate surface area is 200 Å². The van der Waals surface area contributed by atoms with Crippen molar-refractivity contribution < 1.29 is 19.3 Å². The molecule has 2 saturated heterocycles. The number of hydrogen-bond acceptors (Lipinski definition) is 9. The van der Waals surface area contributed by atoms with E-state index in [4.69, 9.17) is 14.2 Å². The zero-order valence-electron chi connectivity index (χ0n) is 19.0. The molecule has 176 valence electrons. The number of benzene rings is 1. The molecule has 0 saturated carbocycles. The molecular formula is C24H25N5O4S. The SMILES string of the molecule is Cc1nc([C@@H]2OC3COC(c4ccccc4)O[C@@H]3C(C)C2O)n(-c2cnc3nc(C)sc3c2)n1. The monoisotopic (exact) mass is 479 g/mol. The highest BCUT2D eigenvalue weighted by atomic mass is 32.1. The van der Waals surface area contributed by atoms with Crippen LogP contribution < -0.4 is 0 Å². The molecule has 0 aliphatic carbocycles. The molecule has 4 aromatic rings. The van der Waals surface area contributed by atoms with Gasteiger partial charge in [0, 0.05) is 11.5 Å². The van der Waals surface area contributed by atoms with E-state index in [0.29, 0.717) is 23.9 Å². The van der Waals surface area contributed by atoms with Crippen LogP contribution in [0.4, 0.5) is 0 Å². The number of ether oxygens (including phenoxy) is 3. The Morgan fingerprint density at radius 2 is 1.94 bits per heavy atom. The number of pyridine rings is 1. The van der Waals surface area contributed by atoms with Gasteiger partial charge in [-0.25, -0.2) is 19.6 Å². The Balaban J connectivity index is 1.30. The van der Waals surface area contributed by atoms with E-state index in [2.05, 4.69) is 20.1 Å². The number of aryl methyl sites for hydroxylation is 2. The maximum atomic E-state index is 11.3. The van der Waals surface area contributed by atoms with Crippen molar-refractivity contribution in [3.63, 3.8) is 0 Å². The third-order valence-electron chi connectivity index (χ3n) is 6.40. The second-order valence-electron chi connectivity index (χ2n) is 8.80. The number of hydrogen-bond donors (Lipinski definition) is 1. The molecule has 5 heterocycles. The highest BCUT2D eigenvalue weighted by Gasteiger charge is 2.49. The average Bonchev–Trinajstić information content (AvgIpc) is 3.42. The molecule has 1 aromatic carbocycles. The molecular weight excluding hydrogens is 454 g/mol. The van der Waals surface area contributed by atoms with E-state index in [1.54, 1.807) is 22.2 Å². The molecule has 0 radical (unpaired) electrons. The second-order valence-corrected chi connectivity index (χ2v) is 10.0. The van der Waals surface area contributed by atoms with Gasteiger partial charge in [-0.2, -0.15) is 5.10 Å². The minimum Gasteiger partial charge on any atom is -0.390 e. The number of aliphatic hydroxyl groups is 1. The predicted octanol–water partition coefficient (Wildman–Crippen LogP) is 3.44. The summed E-state index contributed by atoms with van der Waals surface area (Å²) in [4.78, 5) is 13.5. The summed E-state index contributed by atoms with van der Waals surface area (Å²) in [5.74, 6) is 0.915. The van der Waals surface area contributed by atoms with E-state index in [-0.39, 0.29) is 18.1 Å². The molecule has 9 nitrogen and oxygen atoms in total. The molecule has 2 aliphatic heterocycles. The van der Waals surface area contributed by atoms with Gasteiger partial charge in [-0.3, -0.25) is 0 Å². The van der Waals surface area contributed by atoms with Crippen molar-refractivity contribution in [1.29, 1.82) is 0 Å². The second kappa shape index (κ2) is 8.47. The van der Waals surface area contributed by atoms with Gasteiger partial charge >= 0.3 is 0 Å². The van der Waals surface area contributed by atoms with Crippen molar-refractivity contribution in [2.24, 2.45) is 5.92 Å². The van der Waals surface area contributed by atoms with Crippen molar-refractivity contribution in [1.82, 2.24) is 24.7 Å². The summed E-state index contributed by atoms with van der Waals surface area (Å²) < 4.78 is 21.3. The number of thiazole rings is 1. The van der Waals surface area contributed by atoms with Gasteiger partial charge in [0.25, 0.3) is 0 Å². The largest absolute Gasteiger partial charge is 0.390 e. The average molecular weight is 480 g/mol. The van der Waals surface area contributed by atoms with Crippen LogP contribution in [-0.4, -0.2) is 54.8 Å². The summed E-state index contributed by atoms with van der Waals surface area (Å²) in [5, 5.41) is 16.8. The van der Waals surface area contributed by atoms with Crippen LogP contribution in [0.15, 0.2) is 42.6 Å². The number of aromatic nitrogens is 5. The van der Waals surface area contributed by atoms with Gasteiger partial charge < -0.3 is 19.3 Å². The van der Waals surface area contributed by atoms with Gasteiger partial charge in [-0.1, -0.05) is 37.3 Å². The topological polar surface area (TPSA) is 104 Å². The van der Waals surface area contributed by atoms with Gasteiger partial charge in [0.15, 0.2) is 17.8 Å². The minimum absolute atomic E-state index is 0.200. The lowest BCUT2D eigenvalue weighted by molar-refractivity contribution is -0.319. The van der Waals surface area contributed by atoms with E-state index in [1.165, 1.54) is 0 Å². The van der Waals surface area contributed by atoms with Crippen LogP contribution in [0.2, 0.25) is 0 Å². The Kier molecular flexibility index (Phi) is 5.42. The highest BCUT2D eigenvalue weighted by molar-refractivity contribution is 7.18. The summed E-state index contributed by atoms with van der Waals surface area (Å²) in [7, 11) is 0. The van der Waals surface area contributed by atoms with E-state index in [9.17, 15) is 5.11 Å². The molecule has 1 N–H and O–H groups in total. The summed E-state index contributed by atoms with van der Waals surface area (Å²) in [6.45, 7) is 6.12. The lowest BCUT2D eigenvalue weighted by Crippen LogP contribution is -2.55. The van der Waals surface area contributed by atoms with Gasteiger partial charge in [0.2, 0.25) is 0 Å². The van der Waals surface area contributed by atoms with Crippen molar-refractivity contribution >= 4 is 21.7 Å². The Morgan fingerprint density at radius 3 is 2.76 bits per heavy atom. The maximum absolute atomic E-state index is 11.3. The van der Waals surface area contributed by atoms with Crippen LogP contribution in [-0.2, 0) is 14.2 Å². The van der Waals surface area contributed by atoms with E-state index in [1.807, 2.05) is 57.2 Å². The third-order valence-corrected chi connectivity index (χ3v) is 7.30. The van der Waals surface area contributed by atoms with E-state index >= 15 is 0 Å². The lowest BCUT2D eigenvalue weighted by atomic mass is 9.86. The van der Waals surface area contributed by atoms with Crippen LogP contribution >= 0.6 is 11.3 Å². The van der Waals surface area contributed by atoms with Crippen molar-refractivity contribution in [3.05, 3.63) is 64.8 Å². The van der Waals surface area contributed by atoms with Crippen LogP contribution in [0.5, 0.6) is 0 Å². The summed E-state index contributed by atoms with van der Waals surface area (Å²) in [6.07, 6.45) is -0.918. The van der Waals surface area contributed by atoms with E-state index in [0.717, 1.165) is 21.0 Å². The first kappa shape index (κ1) is 21.8. The lowest BCUT2D eigenvalue weighted by Gasteiger charge is -2.47. The van der Waals surface area contributed by atoms with Crippen LogP contribution in [0.3, 0.4) is 0 Å². The fourth-order valence-electron chi connectivity index (χ4n) is 4.70. The van der Waals surface area contributed by atoms with Gasteiger partial charge in [-0.05, 0) is 19.9 Å². The molecule has 2 fully saturated rings. The predicted molar refractivity (Wildman–Crippen MR) is 125 cm³/mol. The fourth-order valence-corrected chi connectivity index (χ4v) is 5.52. The van der Waals surface area contributed by atoms with Crippen LogP contribution in [0, 0.1) is 19.8 Å².